The Balaban J connectivity index is 1.87. The van der Waals surface area contributed by atoms with Gasteiger partial charge in [0, 0.05) is 10.2 Å². The van der Waals surface area contributed by atoms with Crippen LogP contribution in [0.1, 0.15) is 27.2 Å². The van der Waals surface area contributed by atoms with E-state index >= 15 is 0 Å². The molecule has 0 spiro atoms. The lowest BCUT2D eigenvalue weighted by Crippen LogP contribution is -2.14. The second-order valence-corrected chi connectivity index (χ2v) is 6.72. The highest BCUT2D eigenvalue weighted by atomic mass is 79.9. The smallest absolute Gasteiger partial charge is 0.259 e. The summed E-state index contributed by atoms with van der Waals surface area (Å²) in [6.07, 6.45) is 1.61. The first-order chi connectivity index (χ1) is 11.5. The number of aromatic nitrogens is 2. The first kappa shape index (κ1) is 16.5. The molecule has 0 aliphatic carbocycles. The second-order valence-electron chi connectivity index (χ2n) is 5.80. The third kappa shape index (κ3) is 3.26. The van der Waals surface area contributed by atoms with E-state index in [0.717, 1.165) is 27.1 Å². The lowest BCUT2D eigenvalue weighted by atomic mass is 10.1. The van der Waals surface area contributed by atoms with Gasteiger partial charge in [0.25, 0.3) is 5.91 Å². The Bertz CT molecular complexity index is 897. The van der Waals surface area contributed by atoms with Gasteiger partial charge in [-0.25, -0.2) is 4.68 Å². The fraction of sp³-hybridized carbons (Fsp3) is 0.158. The zero-order chi connectivity index (χ0) is 17.3. The van der Waals surface area contributed by atoms with Crippen LogP contribution in [0.15, 0.2) is 53.1 Å². The van der Waals surface area contributed by atoms with Gasteiger partial charge in [0.05, 0.1) is 23.1 Å². The normalized spacial score (nSPS) is 10.7. The van der Waals surface area contributed by atoms with E-state index in [9.17, 15) is 4.79 Å². The molecule has 1 amide bonds. The molecule has 5 heteroatoms. The van der Waals surface area contributed by atoms with E-state index < -0.39 is 0 Å². The summed E-state index contributed by atoms with van der Waals surface area (Å²) in [6, 6.07) is 13.8. The number of hydrogen-bond donors (Lipinski definition) is 1. The van der Waals surface area contributed by atoms with Gasteiger partial charge in [-0.15, -0.1) is 0 Å². The summed E-state index contributed by atoms with van der Waals surface area (Å²) in [5, 5.41) is 7.32. The summed E-state index contributed by atoms with van der Waals surface area (Å²) < 4.78 is 2.77. The van der Waals surface area contributed by atoms with Gasteiger partial charge in [-0.2, -0.15) is 5.10 Å². The van der Waals surface area contributed by atoms with Gasteiger partial charge in [0.15, 0.2) is 0 Å². The van der Waals surface area contributed by atoms with Crippen molar-refractivity contribution in [2.45, 2.75) is 20.8 Å². The van der Waals surface area contributed by atoms with Crippen molar-refractivity contribution in [3.63, 3.8) is 0 Å². The first-order valence-corrected chi connectivity index (χ1v) is 8.44. The Morgan fingerprint density at radius 3 is 2.46 bits per heavy atom. The lowest BCUT2D eigenvalue weighted by molar-refractivity contribution is 0.102. The van der Waals surface area contributed by atoms with Gasteiger partial charge in [0.1, 0.15) is 0 Å². The number of rotatable bonds is 3. The zero-order valence-corrected chi connectivity index (χ0v) is 15.4. The Hall–Kier alpha value is -2.40. The molecule has 1 heterocycles. The number of nitrogens with one attached hydrogen (secondary N) is 1. The van der Waals surface area contributed by atoms with Crippen LogP contribution in [-0.4, -0.2) is 15.7 Å². The Morgan fingerprint density at radius 1 is 1.08 bits per heavy atom. The molecule has 0 saturated heterocycles. The molecule has 1 N–H and O–H groups in total. The fourth-order valence-electron chi connectivity index (χ4n) is 2.62. The minimum absolute atomic E-state index is 0.150. The molecule has 0 atom stereocenters. The van der Waals surface area contributed by atoms with Crippen molar-refractivity contribution in [3.05, 3.63) is 75.5 Å². The highest BCUT2D eigenvalue weighted by molar-refractivity contribution is 9.10. The van der Waals surface area contributed by atoms with E-state index in [4.69, 9.17) is 0 Å². The third-order valence-electron chi connectivity index (χ3n) is 3.96. The van der Waals surface area contributed by atoms with E-state index in [1.54, 1.807) is 10.9 Å². The maximum atomic E-state index is 12.6. The molecular formula is C19H18BrN3O. The first-order valence-electron chi connectivity index (χ1n) is 7.65. The fourth-order valence-corrected chi connectivity index (χ4v) is 2.88. The monoisotopic (exact) mass is 383 g/mol. The molecule has 0 aliphatic heterocycles. The number of hydrogen-bond acceptors (Lipinski definition) is 2. The molecule has 0 fully saturated rings. The number of anilines is 1. The number of benzene rings is 2. The maximum absolute atomic E-state index is 12.6. The highest BCUT2D eigenvalue weighted by Gasteiger charge is 2.16. The van der Waals surface area contributed by atoms with Crippen molar-refractivity contribution in [2.24, 2.45) is 0 Å². The molecule has 0 radical (unpaired) electrons. The minimum Gasteiger partial charge on any atom is -0.322 e. The quantitative estimate of drug-likeness (QED) is 0.704. The Morgan fingerprint density at radius 2 is 1.79 bits per heavy atom. The maximum Gasteiger partial charge on any atom is 0.259 e. The highest BCUT2D eigenvalue weighted by Crippen LogP contribution is 2.20. The molecule has 24 heavy (non-hydrogen) atoms. The SMILES string of the molecule is Cc1ccc(NC(=O)c2cnn(-c3ccc(Br)cc3)c2C)c(C)c1. The number of halogens is 1. The molecule has 2 aromatic carbocycles. The Labute approximate surface area is 149 Å². The van der Waals surface area contributed by atoms with E-state index in [1.165, 1.54) is 5.56 Å². The van der Waals surface area contributed by atoms with Crippen LogP contribution in [0.2, 0.25) is 0 Å². The van der Waals surface area contributed by atoms with Crippen LogP contribution in [0, 0.1) is 20.8 Å². The van der Waals surface area contributed by atoms with E-state index in [0.29, 0.717) is 5.56 Å². The molecule has 122 valence electrons. The number of aryl methyl sites for hydroxylation is 2. The molecule has 0 aliphatic rings. The molecule has 3 aromatic rings. The number of carbonyl (C=O) groups excluding carboxylic acids is 1. The summed E-state index contributed by atoms with van der Waals surface area (Å²) in [5.74, 6) is -0.150. The summed E-state index contributed by atoms with van der Waals surface area (Å²) in [5.41, 5.74) is 5.33. The van der Waals surface area contributed by atoms with Gasteiger partial charge in [-0.3, -0.25) is 4.79 Å². The summed E-state index contributed by atoms with van der Waals surface area (Å²) in [6.45, 7) is 5.91. The third-order valence-corrected chi connectivity index (χ3v) is 4.48. The van der Waals surface area contributed by atoms with Crippen molar-refractivity contribution in [1.82, 2.24) is 9.78 Å². The predicted molar refractivity (Wildman–Crippen MR) is 99.9 cm³/mol. The molecule has 3 rings (SSSR count). The van der Waals surface area contributed by atoms with Crippen LogP contribution >= 0.6 is 15.9 Å². The van der Waals surface area contributed by atoms with Crippen molar-refractivity contribution >= 4 is 27.5 Å². The van der Waals surface area contributed by atoms with Gasteiger partial charge >= 0.3 is 0 Å². The number of nitrogens with zero attached hydrogens (tertiary/aromatic N) is 2. The minimum atomic E-state index is -0.150. The van der Waals surface area contributed by atoms with Crippen molar-refractivity contribution in [1.29, 1.82) is 0 Å². The van der Waals surface area contributed by atoms with Gasteiger partial charge in [-0.1, -0.05) is 33.6 Å². The molecule has 0 unspecified atom stereocenters. The molecular weight excluding hydrogens is 366 g/mol. The van der Waals surface area contributed by atoms with Crippen molar-refractivity contribution < 1.29 is 4.79 Å². The van der Waals surface area contributed by atoms with Crippen LogP contribution in [0.3, 0.4) is 0 Å². The molecule has 1 aromatic heterocycles. The van der Waals surface area contributed by atoms with Crippen LogP contribution in [0.5, 0.6) is 0 Å². The van der Waals surface area contributed by atoms with E-state index in [2.05, 4.69) is 26.3 Å². The standard InChI is InChI=1S/C19H18BrN3O/c1-12-4-9-18(13(2)10-12)22-19(24)17-11-21-23(14(17)3)16-7-5-15(20)6-8-16/h4-11H,1-3H3,(H,22,24). The summed E-state index contributed by atoms with van der Waals surface area (Å²) in [7, 11) is 0. The second kappa shape index (κ2) is 6.61. The Kier molecular flexibility index (Phi) is 4.53. The zero-order valence-electron chi connectivity index (χ0n) is 13.8. The summed E-state index contributed by atoms with van der Waals surface area (Å²) in [4.78, 5) is 12.6. The van der Waals surface area contributed by atoms with Gasteiger partial charge < -0.3 is 5.32 Å². The van der Waals surface area contributed by atoms with E-state index in [-0.39, 0.29) is 5.91 Å². The largest absolute Gasteiger partial charge is 0.322 e. The van der Waals surface area contributed by atoms with Crippen molar-refractivity contribution in [2.75, 3.05) is 5.32 Å². The molecule has 4 nitrogen and oxygen atoms in total. The topological polar surface area (TPSA) is 46.9 Å². The van der Waals surface area contributed by atoms with Gasteiger partial charge in [0.2, 0.25) is 0 Å². The molecule has 0 bridgehead atoms. The molecule has 0 saturated carbocycles. The van der Waals surface area contributed by atoms with Crippen LogP contribution in [0.4, 0.5) is 5.69 Å². The van der Waals surface area contributed by atoms with Crippen molar-refractivity contribution in [3.8, 4) is 5.69 Å². The lowest BCUT2D eigenvalue weighted by Gasteiger charge is -2.09. The average Bonchev–Trinajstić information content (AvgIpc) is 2.92. The predicted octanol–water partition coefficient (Wildman–Crippen LogP) is 4.81. The van der Waals surface area contributed by atoms with Crippen LogP contribution < -0.4 is 5.32 Å². The average molecular weight is 384 g/mol. The number of carbonyl (C=O) groups is 1. The summed E-state index contributed by atoms with van der Waals surface area (Å²) >= 11 is 3.42. The van der Waals surface area contributed by atoms with Crippen LogP contribution in [-0.2, 0) is 0 Å². The van der Waals surface area contributed by atoms with Gasteiger partial charge in [-0.05, 0) is 56.7 Å². The van der Waals surface area contributed by atoms with E-state index in [1.807, 2.05) is 63.2 Å². The number of amides is 1. The van der Waals surface area contributed by atoms with Crippen LogP contribution in [0.25, 0.3) is 5.69 Å².